The Hall–Kier alpha value is -2.76. The van der Waals surface area contributed by atoms with Crippen LogP contribution in [0.5, 0.6) is 0 Å². The molecule has 4 rings (SSSR count). The van der Waals surface area contributed by atoms with Gasteiger partial charge in [0.2, 0.25) is 11.8 Å². The van der Waals surface area contributed by atoms with E-state index in [1.807, 2.05) is 31.1 Å². The van der Waals surface area contributed by atoms with Crippen LogP contribution in [0, 0.1) is 17.3 Å². The second kappa shape index (κ2) is 8.17. The Bertz CT molecular complexity index is 930. The predicted octanol–water partition coefficient (Wildman–Crippen LogP) is 3.04. The molecule has 6 heteroatoms. The zero-order chi connectivity index (χ0) is 21.3. The molecule has 6 nitrogen and oxygen atoms in total. The van der Waals surface area contributed by atoms with E-state index in [1.165, 1.54) is 6.33 Å². The number of carbonyl (C=O) groups is 2. The Balaban J connectivity index is 1.67. The average molecular weight is 407 g/mol. The Morgan fingerprint density at radius 2 is 1.90 bits per heavy atom. The van der Waals surface area contributed by atoms with Gasteiger partial charge in [-0.1, -0.05) is 31.2 Å². The highest BCUT2D eigenvalue weighted by Crippen LogP contribution is 2.43. The van der Waals surface area contributed by atoms with Crippen molar-refractivity contribution in [2.45, 2.75) is 32.6 Å². The average Bonchev–Trinajstić information content (AvgIpc) is 3.50. The van der Waals surface area contributed by atoms with Crippen LogP contribution >= 0.6 is 0 Å². The number of likely N-dealkylation sites (tertiary alicyclic amines) is 1. The zero-order valence-corrected chi connectivity index (χ0v) is 18.0. The molecule has 0 N–H and O–H groups in total. The fourth-order valence-electron chi connectivity index (χ4n) is 4.85. The standard InChI is InChI=1S/C24H30N4O2/c1-17-11-21(17)22(29)28-10-6-9-24(15-28,23(30)27(2)3)12-18-7-4-5-8-20(18)19-13-25-16-26-14-19/h4-5,7-8,13-14,16-17,21H,6,9-12,15H2,1-3H3/t17-,21+,24-/m1/s1. The second-order valence-corrected chi connectivity index (χ2v) is 9.12. The minimum absolute atomic E-state index is 0.1000. The first-order valence-corrected chi connectivity index (χ1v) is 10.7. The van der Waals surface area contributed by atoms with Crippen LogP contribution in [0.3, 0.4) is 0 Å². The first-order chi connectivity index (χ1) is 14.4. The topological polar surface area (TPSA) is 66.4 Å². The summed E-state index contributed by atoms with van der Waals surface area (Å²) >= 11 is 0. The molecular formula is C24H30N4O2. The lowest BCUT2D eigenvalue weighted by Gasteiger charge is -2.43. The Morgan fingerprint density at radius 3 is 2.57 bits per heavy atom. The van der Waals surface area contributed by atoms with Gasteiger partial charge in [-0.3, -0.25) is 9.59 Å². The van der Waals surface area contributed by atoms with Crippen molar-refractivity contribution < 1.29 is 9.59 Å². The minimum atomic E-state index is -0.610. The molecule has 0 bridgehead atoms. The van der Waals surface area contributed by atoms with Crippen LogP contribution in [0.25, 0.3) is 11.1 Å². The third kappa shape index (κ3) is 3.95. The Labute approximate surface area is 178 Å². The molecule has 1 saturated heterocycles. The van der Waals surface area contributed by atoms with Crippen LogP contribution in [0.4, 0.5) is 0 Å². The summed E-state index contributed by atoms with van der Waals surface area (Å²) in [5.74, 6) is 0.937. The van der Waals surface area contributed by atoms with Gasteiger partial charge in [0.05, 0.1) is 5.41 Å². The number of rotatable bonds is 5. The lowest BCUT2D eigenvalue weighted by molar-refractivity contribution is -0.147. The molecule has 30 heavy (non-hydrogen) atoms. The highest BCUT2D eigenvalue weighted by atomic mass is 16.2. The monoisotopic (exact) mass is 406 g/mol. The quantitative estimate of drug-likeness (QED) is 0.766. The largest absolute Gasteiger partial charge is 0.348 e. The Morgan fingerprint density at radius 1 is 1.20 bits per heavy atom. The van der Waals surface area contributed by atoms with Gasteiger partial charge in [-0.05, 0) is 42.7 Å². The summed E-state index contributed by atoms with van der Waals surface area (Å²) in [6.45, 7) is 3.37. The zero-order valence-electron chi connectivity index (χ0n) is 18.0. The summed E-state index contributed by atoms with van der Waals surface area (Å²) in [7, 11) is 3.62. The molecule has 2 amide bonds. The van der Waals surface area contributed by atoms with Crippen molar-refractivity contribution in [1.29, 1.82) is 0 Å². The summed E-state index contributed by atoms with van der Waals surface area (Å²) in [5.41, 5.74) is 2.47. The molecule has 1 aromatic heterocycles. The van der Waals surface area contributed by atoms with Crippen molar-refractivity contribution >= 4 is 11.8 Å². The second-order valence-electron chi connectivity index (χ2n) is 9.12. The highest BCUT2D eigenvalue weighted by Gasteiger charge is 2.48. The third-order valence-corrected chi connectivity index (χ3v) is 6.59. The molecule has 1 aliphatic heterocycles. The van der Waals surface area contributed by atoms with Crippen LogP contribution < -0.4 is 0 Å². The molecule has 158 valence electrons. The van der Waals surface area contributed by atoms with E-state index < -0.39 is 5.41 Å². The molecule has 2 aliphatic rings. The molecule has 0 spiro atoms. The minimum Gasteiger partial charge on any atom is -0.348 e. The van der Waals surface area contributed by atoms with Crippen LogP contribution in [0.15, 0.2) is 43.0 Å². The number of nitrogens with zero attached hydrogens (tertiary/aromatic N) is 4. The van der Waals surface area contributed by atoms with Crippen molar-refractivity contribution in [3.05, 3.63) is 48.5 Å². The van der Waals surface area contributed by atoms with Gasteiger partial charge in [0.1, 0.15) is 6.33 Å². The van der Waals surface area contributed by atoms with Gasteiger partial charge >= 0.3 is 0 Å². The van der Waals surface area contributed by atoms with Gasteiger partial charge in [-0.2, -0.15) is 0 Å². The normalized spacial score (nSPS) is 25.6. The highest BCUT2D eigenvalue weighted by molar-refractivity contribution is 5.86. The summed E-state index contributed by atoms with van der Waals surface area (Å²) in [5, 5.41) is 0. The van der Waals surface area contributed by atoms with Gasteiger partial charge in [-0.25, -0.2) is 9.97 Å². The molecule has 0 radical (unpaired) electrons. The van der Waals surface area contributed by atoms with Crippen molar-refractivity contribution in [3.8, 4) is 11.1 Å². The van der Waals surface area contributed by atoms with Crippen molar-refractivity contribution in [2.75, 3.05) is 27.2 Å². The van der Waals surface area contributed by atoms with Crippen LogP contribution in [-0.4, -0.2) is 58.8 Å². The third-order valence-electron chi connectivity index (χ3n) is 6.59. The first kappa shape index (κ1) is 20.5. The number of benzene rings is 1. The van der Waals surface area contributed by atoms with E-state index in [0.717, 1.165) is 42.5 Å². The van der Waals surface area contributed by atoms with Gasteiger partial charge in [0.15, 0.2) is 0 Å². The lowest BCUT2D eigenvalue weighted by Crippen LogP contribution is -2.54. The van der Waals surface area contributed by atoms with Gasteiger partial charge in [-0.15, -0.1) is 0 Å². The van der Waals surface area contributed by atoms with E-state index in [-0.39, 0.29) is 17.7 Å². The van der Waals surface area contributed by atoms with Gasteiger partial charge in [0.25, 0.3) is 0 Å². The summed E-state index contributed by atoms with van der Waals surface area (Å²) in [6.07, 6.45) is 8.33. The molecule has 2 aromatic rings. The molecule has 1 saturated carbocycles. The van der Waals surface area contributed by atoms with Gasteiger partial charge in [0, 0.05) is 51.1 Å². The van der Waals surface area contributed by atoms with Crippen molar-refractivity contribution in [3.63, 3.8) is 0 Å². The first-order valence-electron chi connectivity index (χ1n) is 10.7. The molecule has 2 fully saturated rings. The number of hydrogen-bond acceptors (Lipinski definition) is 4. The van der Waals surface area contributed by atoms with Crippen LogP contribution in [-0.2, 0) is 16.0 Å². The van der Waals surface area contributed by atoms with Crippen molar-refractivity contribution in [2.24, 2.45) is 17.3 Å². The van der Waals surface area contributed by atoms with E-state index in [2.05, 4.69) is 29.0 Å². The predicted molar refractivity (Wildman–Crippen MR) is 115 cm³/mol. The summed E-state index contributed by atoms with van der Waals surface area (Å²) < 4.78 is 0. The molecule has 1 aromatic carbocycles. The number of carbonyl (C=O) groups excluding carboxylic acids is 2. The van der Waals surface area contributed by atoms with Crippen LogP contribution in [0.1, 0.15) is 31.7 Å². The van der Waals surface area contributed by atoms with E-state index in [1.54, 1.807) is 17.3 Å². The number of hydrogen-bond donors (Lipinski definition) is 0. The fraction of sp³-hybridized carbons (Fsp3) is 0.500. The lowest BCUT2D eigenvalue weighted by atomic mass is 9.73. The van der Waals surface area contributed by atoms with E-state index in [9.17, 15) is 9.59 Å². The van der Waals surface area contributed by atoms with E-state index in [4.69, 9.17) is 0 Å². The number of amides is 2. The van der Waals surface area contributed by atoms with Crippen LogP contribution in [0.2, 0.25) is 0 Å². The number of aromatic nitrogens is 2. The Kier molecular flexibility index (Phi) is 5.58. The molecule has 3 atom stereocenters. The van der Waals surface area contributed by atoms with E-state index >= 15 is 0 Å². The maximum atomic E-state index is 13.5. The number of piperidine rings is 1. The van der Waals surface area contributed by atoms with Crippen molar-refractivity contribution in [1.82, 2.24) is 19.8 Å². The molecule has 2 heterocycles. The van der Waals surface area contributed by atoms with Gasteiger partial charge < -0.3 is 9.80 Å². The molecule has 0 unspecified atom stereocenters. The molecular weight excluding hydrogens is 376 g/mol. The smallest absolute Gasteiger partial charge is 0.230 e. The fourth-order valence-corrected chi connectivity index (χ4v) is 4.85. The maximum Gasteiger partial charge on any atom is 0.230 e. The molecule has 1 aliphatic carbocycles. The maximum absolute atomic E-state index is 13.5. The van der Waals surface area contributed by atoms with E-state index in [0.29, 0.717) is 18.9 Å². The SMILES string of the molecule is C[C@@H]1C[C@@H]1C(=O)N1CCC[C@](Cc2ccccc2-c2cncnc2)(C(=O)N(C)C)C1. The summed E-state index contributed by atoms with van der Waals surface area (Å²) in [4.78, 5) is 38.4. The summed E-state index contributed by atoms with van der Waals surface area (Å²) in [6, 6.07) is 8.14.